The number of hydrogen-bond donors (Lipinski definition) is 1. The smallest absolute Gasteiger partial charge is 0.252 e. The molecular weight excluding hydrogens is 288 g/mol. The Hall–Kier alpha value is -0.890. The lowest BCUT2D eigenvalue weighted by molar-refractivity contribution is 0.428. The van der Waals surface area contributed by atoms with E-state index in [0.717, 1.165) is 16.2 Å². The molecule has 0 spiro atoms. The highest BCUT2D eigenvalue weighted by Crippen LogP contribution is 2.26. The largest absolute Gasteiger partial charge is 0.398 e. The van der Waals surface area contributed by atoms with Crippen LogP contribution in [0.4, 0.5) is 5.69 Å². The minimum absolute atomic E-state index is 0.304. The van der Waals surface area contributed by atoms with Gasteiger partial charge in [-0.1, -0.05) is 13.0 Å². The molecule has 2 aromatic rings. The lowest BCUT2D eigenvalue weighted by Gasteiger charge is -2.18. The summed E-state index contributed by atoms with van der Waals surface area (Å²) in [6, 6.07) is 5.37. The van der Waals surface area contributed by atoms with Gasteiger partial charge in [-0.2, -0.15) is 4.31 Å². The zero-order chi connectivity index (χ0) is 13.2. The van der Waals surface area contributed by atoms with Gasteiger partial charge in [0.15, 0.2) is 0 Å². The Kier molecular flexibility index (Phi) is 4.06. The van der Waals surface area contributed by atoms with E-state index in [4.69, 9.17) is 5.73 Å². The molecule has 0 amide bonds. The fourth-order valence-electron chi connectivity index (χ4n) is 1.54. The van der Waals surface area contributed by atoms with Gasteiger partial charge in [0.05, 0.1) is 0 Å². The van der Waals surface area contributed by atoms with Gasteiger partial charge in [-0.05, 0) is 17.5 Å². The Morgan fingerprint density at radius 1 is 1.39 bits per heavy atom. The molecule has 2 aromatic heterocycles. The van der Waals surface area contributed by atoms with Gasteiger partial charge in [-0.3, -0.25) is 0 Å². The Bertz CT molecular complexity index is 602. The molecular formula is C11H14N2O2S3. The molecule has 0 aliphatic rings. The van der Waals surface area contributed by atoms with Crippen LogP contribution in [0.3, 0.4) is 0 Å². The Morgan fingerprint density at radius 3 is 2.67 bits per heavy atom. The number of nitrogens with zero attached hydrogens (tertiary/aromatic N) is 1. The first kappa shape index (κ1) is 13.5. The number of rotatable bonds is 5. The minimum atomic E-state index is -3.43. The number of nitrogen functional groups attached to an aromatic ring is 1. The molecule has 2 N–H and O–H groups in total. The van der Waals surface area contributed by atoms with Gasteiger partial charge in [0.2, 0.25) is 0 Å². The summed E-state index contributed by atoms with van der Waals surface area (Å²) >= 11 is 2.72. The lowest BCUT2D eigenvalue weighted by atomic mass is 10.4. The van der Waals surface area contributed by atoms with Gasteiger partial charge in [0.1, 0.15) is 4.21 Å². The van der Waals surface area contributed by atoms with Crippen LogP contribution in [0.15, 0.2) is 33.2 Å². The highest BCUT2D eigenvalue weighted by Gasteiger charge is 2.25. The topological polar surface area (TPSA) is 63.4 Å². The summed E-state index contributed by atoms with van der Waals surface area (Å²) in [6.45, 7) is 2.69. The van der Waals surface area contributed by atoms with Gasteiger partial charge < -0.3 is 5.73 Å². The monoisotopic (exact) mass is 302 g/mol. The second kappa shape index (κ2) is 5.40. The van der Waals surface area contributed by atoms with Crippen molar-refractivity contribution in [2.75, 3.05) is 12.3 Å². The second-order valence-electron chi connectivity index (χ2n) is 3.71. The van der Waals surface area contributed by atoms with Crippen molar-refractivity contribution in [3.63, 3.8) is 0 Å². The molecule has 98 valence electrons. The van der Waals surface area contributed by atoms with E-state index in [2.05, 4.69) is 0 Å². The van der Waals surface area contributed by atoms with Crippen LogP contribution in [0.1, 0.15) is 11.8 Å². The lowest BCUT2D eigenvalue weighted by Crippen LogP contribution is -2.29. The quantitative estimate of drug-likeness (QED) is 0.923. The maximum atomic E-state index is 12.4. The molecule has 0 unspecified atom stereocenters. The van der Waals surface area contributed by atoms with E-state index < -0.39 is 10.0 Å². The number of thiophene rings is 2. The van der Waals surface area contributed by atoms with Crippen LogP contribution < -0.4 is 5.73 Å². The average Bonchev–Trinajstić information content (AvgIpc) is 2.96. The second-order valence-corrected chi connectivity index (χ2v) is 7.82. The summed E-state index contributed by atoms with van der Waals surface area (Å²) in [4.78, 5) is 1.03. The Morgan fingerprint density at radius 2 is 2.17 bits per heavy atom. The third-order valence-corrected chi connectivity index (χ3v) is 6.67. The molecule has 0 bridgehead atoms. The van der Waals surface area contributed by atoms with E-state index >= 15 is 0 Å². The van der Waals surface area contributed by atoms with E-state index in [1.807, 2.05) is 24.4 Å². The van der Waals surface area contributed by atoms with Crippen molar-refractivity contribution < 1.29 is 8.42 Å². The molecule has 2 rings (SSSR count). The van der Waals surface area contributed by atoms with Gasteiger partial charge in [-0.15, -0.1) is 22.7 Å². The van der Waals surface area contributed by atoms with Crippen LogP contribution in [0.5, 0.6) is 0 Å². The summed E-state index contributed by atoms with van der Waals surface area (Å²) in [5.41, 5.74) is 6.07. The third kappa shape index (κ3) is 2.74. The fourth-order valence-corrected chi connectivity index (χ4v) is 5.00. The molecule has 0 aromatic carbocycles. The summed E-state index contributed by atoms with van der Waals surface area (Å²) in [7, 11) is -3.43. The summed E-state index contributed by atoms with van der Waals surface area (Å²) in [5.74, 6) is 0. The predicted molar refractivity (Wildman–Crippen MR) is 76.3 cm³/mol. The van der Waals surface area contributed by atoms with E-state index in [-0.39, 0.29) is 0 Å². The summed E-state index contributed by atoms with van der Waals surface area (Å²) < 4.78 is 26.5. The molecule has 0 saturated carbocycles. The standard InChI is InChI=1S/C11H14N2O2S3/c1-2-13(7-10-4-3-5-16-10)18(14,15)11-6-9(12)8-17-11/h3-6,8H,2,7,12H2,1H3. The van der Waals surface area contributed by atoms with Gasteiger partial charge in [0.25, 0.3) is 10.0 Å². The van der Waals surface area contributed by atoms with Crippen LogP contribution >= 0.6 is 22.7 Å². The SMILES string of the molecule is CCN(Cc1cccs1)S(=O)(=O)c1cc(N)cs1. The zero-order valence-corrected chi connectivity index (χ0v) is 12.3. The average molecular weight is 302 g/mol. The number of hydrogen-bond acceptors (Lipinski definition) is 5. The molecule has 18 heavy (non-hydrogen) atoms. The van der Waals surface area contributed by atoms with Crippen molar-refractivity contribution in [1.82, 2.24) is 4.31 Å². The highest BCUT2D eigenvalue weighted by molar-refractivity contribution is 7.91. The van der Waals surface area contributed by atoms with Crippen molar-refractivity contribution in [1.29, 1.82) is 0 Å². The Labute approximate surface area is 115 Å². The van der Waals surface area contributed by atoms with Crippen LogP contribution in [0.2, 0.25) is 0 Å². The Balaban J connectivity index is 2.26. The van der Waals surface area contributed by atoms with E-state index in [1.165, 1.54) is 10.4 Å². The highest BCUT2D eigenvalue weighted by atomic mass is 32.2. The van der Waals surface area contributed by atoms with E-state index in [9.17, 15) is 8.42 Å². The van der Waals surface area contributed by atoms with Crippen LogP contribution in [-0.4, -0.2) is 19.3 Å². The molecule has 0 fully saturated rings. The zero-order valence-electron chi connectivity index (χ0n) is 9.87. The number of anilines is 1. The third-order valence-electron chi connectivity index (χ3n) is 2.45. The maximum absolute atomic E-state index is 12.4. The van der Waals surface area contributed by atoms with E-state index in [1.54, 1.807) is 16.7 Å². The van der Waals surface area contributed by atoms with Crippen molar-refractivity contribution >= 4 is 38.4 Å². The number of sulfonamides is 1. The van der Waals surface area contributed by atoms with Gasteiger partial charge in [0, 0.05) is 29.0 Å². The summed E-state index contributed by atoms with van der Waals surface area (Å²) in [5, 5.41) is 3.59. The van der Waals surface area contributed by atoms with E-state index in [0.29, 0.717) is 23.0 Å². The molecule has 0 aliphatic heterocycles. The molecule has 0 saturated heterocycles. The minimum Gasteiger partial charge on any atom is -0.398 e. The van der Waals surface area contributed by atoms with Gasteiger partial charge in [-0.25, -0.2) is 8.42 Å². The first-order valence-corrected chi connectivity index (χ1v) is 8.60. The van der Waals surface area contributed by atoms with Crippen molar-refractivity contribution in [2.45, 2.75) is 17.7 Å². The van der Waals surface area contributed by atoms with Gasteiger partial charge >= 0.3 is 0 Å². The molecule has 2 heterocycles. The van der Waals surface area contributed by atoms with Crippen molar-refractivity contribution in [3.8, 4) is 0 Å². The first-order valence-electron chi connectivity index (χ1n) is 5.40. The first-order chi connectivity index (χ1) is 8.54. The van der Waals surface area contributed by atoms with Crippen molar-refractivity contribution in [2.24, 2.45) is 0 Å². The molecule has 4 nitrogen and oxygen atoms in total. The number of nitrogens with two attached hydrogens (primary N) is 1. The molecule has 7 heteroatoms. The maximum Gasteiger partial charge on any atom is 0.252 e. The van der Waals surface area contributed by atoms with Crippen LogP contribution in [0.25, 0.3) is 0 Å². The fraction of sp³-hybridized carbons (Fsp3) is 0.273. The molecule has 0 aliphatic carbocycles. The van der Waals surface area contributed by atoms with Crippen molar-refractivity contribution in [3.05, 3.63) is 33.8 Å². The predicted octanol–water partition coefficient (Wildman–Crippen LogP) is 2.60. The van der Waals surface area contributed by atoms with Crippen LogP contribution in [-0.2, 0) is 16.6 Å². The van der Waals surface area contributed by atoms with Crippen LogP contribution in [0, 0.1) is 0 Å². The summed E-state index contributed by atoms with van der Waals surface area (Å²) in [6.07, 6.45) is 0. The molecule has 0 atom stereocenters. The normalized spacial score (nSPS) is 12.1. The molecule has 0 radical (unpaired) electrons.